The molecule has 1 nitrogen and oxygen atoms in total. The number of carbonyl (C=O) groups is 1. The Morgan fingerprint density at radius 1 is 1.50 bits per heavy atom. The zero-order valence-electron chi connectivity index (χ0n) is 7.80. The summed E-state index contributed by atoms with van der Waals surface area (Å²) in [5, 5.41) is 0.358. The van der Waals surface area contributed by atoms with Crippen LogP contribution in [-0.2, 0) is 4.79 Å². The van der Waals surface area contributed by atoms with Crippen LogP contribution < -0.4 is 0 Å². The van der Waals surface area contributed by atoms with E-state index in [0.29, 0.717) is 22.4 Å². The minimum absolute atomic E-state index is 0.334. The topological polar surface area (TPSA) is 17.1 Å². The molecule has 2 unspecified atom stereocenters. The highest BCUT2D eigenvalue weighted by Crippen LogP contribution is 2.54. The number of hydrogen-bond acceptors (Lipinski definition) is 2. The lowest BCUT2D eigenvalue weighted by Gasteiger charge is -2.07. The molecular weight excluding hydrogens is 168 g/mol. The van der Waals surface area contributed by atoms with Gasteiger partial charge in [-0.25, -0.2) is 0 Å². The molecule has 0 bridgehead atoms. The quantitative estimate of drug-likeness (QED) is 0.656. The molecule has 0 spiro atoms. The molecule has 2 atom stereocenters. The second-order valence-electron chi connectivity index (χ2n) is 4.65. The Morgan fingerprint density at radius 3 is 2.58 bits per heavy atom. The SMILES string of the molecule is CC1(C)CC1C(=O)C1CCCS1. The average Bonchev–Trinajstić information content (AvgIpc) is 2.56. The van der Waals surface area contributed by atoms with Gasteiger partial charge in [0, 0.05) is 5.92 Å². The summed E-state index contributed by atoms with van der Waals surface area (Å²) < 4.78 is 0. The van der Waals surface area contributed by atoms with Crippen molar-refractivity contribution < 1.29 is 4.79 Å². The molecule has 1 aliphatic carbocycles. The lowest BCUT2D eigenvalue weighted by molar-refractivity contribution is -0.120. The fraction of sp³-hybridized carbons (Fsp3) is 0.900. The van der Waals surface area contributed by atoms with Crippen molar-refractivity contribution in [1.82, 2.24) is 0 Å². The highest BCUT2D eigenvalue weighted by Gasteiger charge is 2.52. The molecule has 0 aromatic carbocycles. The summed E-state index contributed by atoms with van der Waals surface area (Å²) in [7, 11) is 0. The van der Waals surface area contributed by atoms with Crippen LogP contribution in [0.1, 0.15) is 33.1 Å². The first kappa shape index (κ1) is 8.61. The van der Waals surface area contributed by atoms with Crippen LogP contribution in [0.4, 0.5) is 0 Å². The van der Waals surface area contributed by atoms with Crippen molar-refractivity contribution in [3.63, 3.8) is 0 Å². The van der Waals surface area contributed by atoms with Gasteiger partial charge in [0.25, 0.3) is 0 Å². The molecule has 2 rings (SSSR count). The van der Waals surface area contributed by atoms with Gasteiger partial charge < -0.3 is 0 Å². The molecule has 0 radical (unpaired) electrons. The molecule has 12 heavy (non-hydrogen) atoms. The maximum absolute atomic E-state index is 11.8. The van der Waals surface area contributed by atoms with Crippen LogP contribution in [0.15, 0.2) is 0 Å². The summed E-state index contributed by atoms with van der Waals surface area (Å²) >= 11 is 1.87. The van der Waals surface area contributed by atoms with Crippen molar-refractivity contribution in [3.05, 3.63) is 0 Å². The molecule has 0 N–H and O–H groups in total. The van der Waals surface area contributed by atoms with E-state index in [-0.39, 0.29) is 0 Å². The highest BCUT2D eigenvalue weighted by molar-refractivity contribution is 8.00. The van der Waals surface area contributed by atoms with E-state index in [1.807, 2.05) is 11.8 Å². The summed E-state index contributed by atoms with van der Waals surface area (Å²) in [6.45, 7) is 4.41. The van der Waals surface area contributed by atoms with Crippen molar-refractivity contribution in [2.45, 2.75) is 38.4 Å². The van der Waals surface area contributed by atoms with Crippen molar-refractivity contribution >= 4 is 17.5 Å². The molecule has 1 saturated heterocycles. The van der Waals surface area contributed by atoms with Crippen molar-refractivity contribution in [1.29, 1.82) is 0 Å². The molecule has 0 aromatic rings. The molecule has 2 aliphatic rings. The zero-order chi connectivity index (χ0) is 8.77. The summed E-state index contributed by atoms with van der Waals surface area (Å²) in [4.78, 5) is 11.8. The summed E-state index contributed by atoms with van der Waals surface area (Å²) in [6, 6.07) is 0. The number of ketones is 1. The van der Waals surface area contributed by atoms with E-state index in [0.717, 1.165) is 12.8 Å². The number of carbonyl (C=O) groups excluding carboxylic acids is 1. The fourth-order valence-corrected chi connectivity index (χ4v) is 3.26. The lowest BCUT2D eigenvalue weighted by Crippen LogP contribution is -2.18. The van der Waals surface area contributed by atoms with E-state index < -0.39 is 0 Å². The Morgan fingerprint density at radius 2 is 2.17 bits per heavy atom. The van der Waals surface area contributed by atoms with Crippen LogP contribution in [0.3, 0.4) is 0 Å². The standard InChI is InChI=1S/C10H16OS/c1-10(2)6-7(10)9(11)8-4-3-5-12-8/h7-8H,3-6H2,1-2H3. The summed E-state index contributed by atoms with van der Waals surface area (Å²) in [5.74, 6) is 2.14. The van der Waals surface area contributed by atoms with Crippen molar-refractivity contribution in [2.24, 2.45) is 11.3 Å². The minimum atomic E-state index is 0.334. The Bertz CT molecular complexity index is 197. The molecule has 68 valence electrons. The molecule has 1 saturated carbocycles. The largest absolute Gasteiger partial charge is 0.298 e. The van der Waals surface area contributed by atoms with Gasteiger partial charge in [-0.2, -0.15) is 11.8 Å². The van der Waals surface area contributed by atoms with E-state index in [1.165, 1.54) is 12.2 Å². The van der Waals surface area contributed by atoms with Crippen LogP contribution in [0.2, 0.25) is 0 Å². The molecule has 1 heterocycles. The van der Waals surface area contributed by atoms with Gasteiger partial charge in [0.05, 0.1) is 5.25 Å². The number of Topliss-reactive ketones (excluding diaryl/α,β-unsaturated/α-hetero) is 1. The van der Waals surface area contributed by atoms with Gasteiger partial charge >= 0.3 is 0 Å². The second kappa shape index (κ2) is 2.76. The molecule has 1 aliphatic heterocycles. The van der Waals surface area contributed by atoms with Gasteiger partial charge in [-0.1, -0.05) is 13.8 Å². The van der Waals surface area contributed by atoms with Crippen molar-refractivity contribution in [3.8, 4) is 0 Å². The van der Waals surface area contributed by atoms with Crippen LogP contribution in [-0.4, -0.2) is 16.8 Å². The van der Waals surface area contributed by atoms with Gasteiger partial charge in [0.2, 0.25) is 0 Å². The third kappa shape index (κ3) is 1.41. The Kier molecular flexibility index (Phi) is 1.98. The normalized spacial score (nSPS) is 38.2. The van der Waals surface area contributed by atoms with Crippen molar-refractivity contribution in [2.75, 3.05) is 5.75 Å². The van der Waals surface area contributed by atoms with Crippen LogP contribution >= 0.6 is 11.8 Å². The Labute approximate surface area is 78.3 Å². The molecule has 2 heteroatoms. The number of thioether (sulfide) groups is 1. The first-order chi connectivity index (χ1) is 5.61. The molecule has 0 amide bonds. The van der Waals surface area contributed by atoms with Crippen LogP contribution in [0.5, 0.6) is 0 Å². The number of hydrogen-bond donors (Lipinski definition) is 0. The predicted octanol–water partition coefficient (Wildman–Crippen LogP) is 2.50. The summed E-state index contributed by atoms with van der Waals surface area (Å²) in [5.41, 5.74) is 0.334. The van der Waals surface area contributed by atoms with E-state index in [1.54, 1.807) is 0 Å². The Hall–Kier alpha value is 0.0200. The van der Waals surface area contributed by atoms with Gasteiger partial charge in [-0.05, 0) is 30.4 Å². The second-order valence-corrected chi connectivity index (χ2v) is 5.96. The van der Waals surface area contributed by atoms with Crippen LogP contribution in [0, 0.1) is 11.3 Å². The first-order valence-corrected chi connectivity index (χ1v) is 5.81. The van der Waals surface area contributed by atoms with E-state index in [4.69, 9.17) is 0 Å². The monoisotopic (exact) mass is 184 g/mol. The van der Waals surface area contributed by atoms with Gasteiger partial charge in [0.1, 0.15) is 5.78 Å². The van der Waals surface area contributed by atoms with E-state index >= 15 is 0 Å². The van der Waals surface area contributed by atoms with Gasteiger partial charge in [0.15, 0.2) is 0 Å². The third-order valence-corrected chi connectivity index (χ3v) is 4.50. The average molecular weight is 184 g/mol. The van der Waals surface area contributed by atoms with Gasteiger partial charge in [-0.15, -0.1) is 0 Å². The fourth-order valence-electron chi connectivity index (χ4n) is 1.98. The maximum Gasteiger partial charge on any atom is 0.149 e. The highest BCUT2D eigenvalue weighted by atomic mass is 32.2. The van der Waals surface area contributed by atoms with Gasteiger partial charge in [-0.3, -0.25) is 4.79 Å². The zero-order valence-corrected chi connectivity index (χ0v) is 8.62. The number of rotatable bonds is 2. The van der Waals surface area contributed by atoms with E-state index in [2.05, 4.69) is 13.8 Å². The molecular formula is C10H16OS. The summed E-state index contributed by atoms with van der Waals surface area (Å²) in [6.07, 6.45) is 3.51. The molecule has 0 aromatic heterocycles. The maximum atomic E-state index is 11.8. The lowest BCUT2D eigenvalue weighted by atomic mass is 10.0. The Balaban J connectivity index is 1.93. The van der Waals surface area contributed by atoms with E-state index in [9.17, 15) is 4.79 Å². The molecule has 2 fully saturated rings. The smallest absolute Gasteiger partial charge is 0.149 e. The minimum Gasteiger partial charge on any atom is -0.298 e. The third-order valence-electron chi connectivity index (χ3n) is 3.10. The van der Waals surface area contributed by atoms with Crippen LogP contribution in [0.25, 0.3) is 0 Å². The first-order valence-electron chi connectivity index (χ1n) is 4.76. The predicted molar refractivity (Wildman–Crippen MR) is 52.4 cm³/mol.